The maximum atomic E-state index is 14.3. The number of para-hydroxylation sites is 1. The third-order valence-electron chi connectivity index (χ3n) is 8.08. The van der Waals surface area contributed by atoms with Crippen molar-refractivity contribution in [2.24, 2.45) is 5.41 Å². The first-order valence-electron chi connectivity index (χ1n) is 13.3. The third-order valence-corrected chi connectivity index (χ3v) is 12.8. The molecule has 11 heteroatoms. The third kappa shape index (κ3) is 5.12. The van der Waals surface area contributed by atoms with Crippen LogP contribution in [0.3, 0.4) is 0 Å². The molecule has 1 saturated heterocycles. The molecule has 218 valence electrons. The maximum Gasteiger partial charge on any atom is 0.250 e. The Labute approximate surface area is 249 Å². The van der Waals surface area contributed by atoms with Crippen molar-refractivity contribution in [2.45, 2.75) is 64.0 Å². The Morgan fingerprint density at radius 3 is 2.27 bits per heavy atom. The monoisotopic (exact) mass is 606 g/mol. The average Bonchev–Trinajstić information content (AvgIpc) is 3.22. The molecule has 2 unspecified atom stereocenters. The molecule has 0 spiro atoms. The number of anilines is 1. The number of hydrogen-bond acceptors (Lipinski definition) is 9. The van der Waals surface area contributed by atoms with Gasteiger partial charge < -0.3 is 19.5 Å². The summed E-state index contributed by atoms with van der Waals surface area (Å²) in [5, 5.41) is 11.4. The van der Waals surface area contributed by atoms with Gasteiger partial charge in [-0.05, 0) is 43.7 Å². The second-order valence-corrected chi connectivity index (χ2v) is 14.3. The molecule has 0 radical (unpaired) electrons. The number of nitrogens with zero attached hydrogens (tertiary/aromatic N) is 2. The van der Waals surface area contributed by atoms with Crippen LogP contribution < -0.4 is 4.90 Å². The van der Waals surface area contributed by atoms with Gasteiger partial charge in [-0.2, -0.15) is 0 Å². The molecule has 4 rings (SSSR count). The van der Waals surface area contributed by atoms with Crippen LogP contribution in [0.5, 0.6) is 5.75 Å². The highest BCUT2D eigenvalue weighted by atomic mass is 32.2. The molecule has 0 aliphatic carbocycles. The van der Waals surface area contributed by atoms with Crippen molar-refractivity contribution in [1.82, 2.24) is 4.90 Å². The van der Waals surface area contributed by atoms with Gasteiger partial charge in [0, 0.05) is 55.1 Å². The number of phenols is 1. The van der Waals surface area contributed by atoms with E-state index in [1.807, 2.05) is 6.07 Å². The van der Waals surface area contributed by atoms with Crippen molar-refractivity contribution in [3.8, 4) is 5.75 Å². The number of hydrogen-bond donors (Lipinski definition) is 1. The van der Waals surface area contributed by atoms with Gasteiger partial charge >= 0.3 is 0 Å². The second-order valence-electron chi connectivity index (χ2n) is 10.6. The zero-order valence-electron chi connectivity index (χ0n) is 24.2. The minimum Gasteiger partial charge on any atom is -0.506 e. The van der Waals surface area contributed by atoms with Crippen LogP contribution in [0.25, 0.3) is 5.57 Å². The quantitative estimate of drug-likeness (QED) is 0.276. The van der Waals surface area contributed by atoms with Crippen molar-refractivity contribution >= 4 is 64.3 Å². The predicted molar refractivity (Wildman–Crippen MR) is 164 cm³/mol. The standard InChI is InChI=1S/C29H38N2O6S3/c1-8-28(5)14-30(27(35)18(3)31-22(33)12-13-23(31)34)25-20(10-9-11-21(25)32)24-26(28)40-19(4)17(2)29(24,38-15-36-6)39-16-37-7/h9-11,18,32H,8,12-16H2,1-7H3. The number of benzene rings is 1. The van der Waals surface area contributed by atoms with Crippen LogP contribution in [-0.2, 0) is 23.9 Å². The molecule has 2 atom stereocenters. The Hall–Kier alpha value is -1.92. The van der Waals surface area contributed by atoms with Gasteiger partial charge in [-0.3, -0.25) is 19.3 Å². The summed E-state index contributed by atoms with van der Waals surface area (Å²) < 4.78 is 10.5. The van der Waals surface area contributed by atoms with E-state index in [2.05, 4.69) is 27.7 Å². The SMILES string of the molecule is CCC1(C)CN(C(=O)C(C)N2C(=O)CCC2=O)c2c(O)cccc2C2=C1SC(C)=C(C)C2(SCOC)SCOC. The Balaban J connectivity index is 1.99. The maximum absolute atomic E-state index is 14.3. The molecule has 3 aliphatic rings. The number of allylic oxidation sites excluding steroid dienone is 1. The fourth-order valence-electron chi connectivity index (χ4n) is 5.60. The Kier molecular flexibility index (Phi) is 9.41. The summed E-state index contributed by atoms with van der Waals surface area (Å²) in [5.41, 5.74) is 2.84. The van der Waals surface area contributed by atoms with Gasteiger partial charge in [0.1, 0.15) is 15.9 Å². The molecule has 0 saturated carbocycles. The zero-order chi connectivity index (χ0) is 29.4. The lowest BCUT2D eigenvalue weighted by atomic mass is 9.82. The fraction of sp³-hybridized carbons (Fsp3) is 0.552. The number of methoxy groups -OCH3 is 2. The van der Waals surface area contributed by atoms with Gasteiger partial charge in [-0.25, -0.2) is 0 Å². The minimum absolute atomic E-state index is 0.0272. The molecule has 1 fully saturated rings. The zero-order valence-corrected chi connectivity index (χ0v) is 26.6. The molecule has 1 aromatic rings. The van der Waals surface area contributed by atoms with Gasteiger partial charge in [0.2, 0.25) is 17.7 Å². The van der Waals surface area contributed by atoms with Crippen molar-refractivity contribution in [3.05, 3.63) is 39.1 Å². The number of ether oxygens (including phenoxy) is 2. The summed E-state index contributed by atoms with van der Waals surface area (Å²) >= 11 is 5.04. The topological polar surface area (TPSA) is 96.4 Å². The van der Waals surface area contributed by atoms with Crippen LogP contribution in [0.1, 0.15) is 59.4 Å². The predicted octanol–water partition coefficient (Wildman–Crippen LogP) is 5.81. The normalized spacial score (nSPS) is 23.4. The summed E-state index contributed by atoms with van der Waals surface area (Å²) in [6.45, 7) is 10.4. The van der Waals surface area contributed by atoms with E-state index in [0.29, 0.717) is 17.6 Å². The van der Waals surface area contributed by atoms with E-state index in [0.717, 1.165) is 32.9 Å². The summed E-state index contributed by atoms with van der Waals surface area (Å²) in [7, 11) is 3.35. The van der Waals surface area contributed by atoms with Gasteiger partial charge in [-0.1, -0.05) is 37.7 Å². The molecule has 3 heterocycles. The van der Waals surface area contributed by atoms with Crippen molar-refractivity contribution in [2.75, 3.05) is 37.5 Å². The number of carbonyl (C=O) groups excluding carboxylic acids is 3. The number of fused-ring (bicyclic) bond motifs is 2. The molecule has 40 heavy (non-hydrogen) atoms. The van der Waals surface area contributed by atoms with E-state index in [-0.39, 0.29) is 37.0 Å². The summed E-state index contributed by atoms with van der Waals surface area (Å²) in [6.07, 6.45) is 0.939. The van der Waals surface area contributed by atoms with Crippen molar-refractivity contribution in [1.29, 1.82) is 0 Å². The molecule has 0 bridgehead atoms. The number of thioether (sulfide) groups is 3. The molecule has 3 amide bonds. The van der Waals surface area contributed by atoms with Crippen molar-refractivity contribution < 1.29 is 29.0 Å². The second kappa shape index (κ2) is 12.1. The molecule has 8 nitrogen and oxygen atoms in total. The Morgan fingerprint density at radius 2 is 1.73 bits per heavy atom. The highest BCUT2D eigenvalue weighted by Gasteiger charge is 2.52. The average molecular weight is 607 g/mol. The molecule has 0 aromatic heterocycles. The Morgan fingerprint density at radius 1 is 1.12 bits per heavy atom. The van der Waals surface area contributed by atoms with E-state index >= 15 is 0 Å². The molecular weight excluding hydrogens is 569 g/mol. The van der Waals surface area contributed by atoms with Crippen LogP contribution in [0, 0.1) is 5.41 Å². The number of likely N-dealkylation sites (tertiary alicyclic amines) is 1. The number of aromatic hydroxyl groups is 1. The van der Waals surface area contributed by atoms with E-state index in [1.54, 1.807) is 73.5 Å². The lowest BCUT2D eigenvalue weighted by Crippen LogP contribution is -2.51. The van der Waals surface area contributed by atoms with Gasteiger partial charge in [0.05, 0.1) is 17.6 Å². The highest BCUT2D eigenvalue weighted by molar-refractivity contribution is 8.19. The Bertz CT molecular complexity index is 1250. The number of phenolic OH excluding ortho intramolecular Hbond substituents is 1. The number of carbonyl (C=O) groups is 3. The van der Waals surface area contributed by atoms with Gasteiger partial charge in [0.15, 0.2) is 0 Å². The molecule has 1 aromatic carbocycles. The summed E-state index contributed by atoms with van der Waals surface area (Å²) in [6, 6.07) is 4.34. The number of amides is 3. The van der Waals surface area contributed by atoms with Crippen LogP contribution in [-0.4, -0.2) is 70.5 Å². The fourth-order valence-corrected chi connectivity index (χ4v) is 9.93. The van der Waals surface area contributed by atoms with Gasteiger partial charge in [0.25, 0.3) is 0 Å². The minimum atomic E-state index is -0.990. The van der Waals surface area contributed by atoms with Crippen LogP contribution in [0.2, 0.25) is 0 Å². The van der Waals surface area contributed by atoms with E-state index in [9.17, 15) is 19.5 Å². The van der Waals surface area contributed by atoms with Gasteiger partial charge in [-0.15, -0.1) is 23.5 Å². The smallest absolute Gasteiger partial charge is 0.250 e. The number of imide groups is 1. The van der Waals surface area contributed by atoms with E-state index in [4.69, 9.17) is 9.47 Å². The molecular formula is C29H38N2O6S3. The lowest BCUT2D eigenvalue weighted by Gasteiger charge is -2.44. The molecule has 3 aliphatic heterocycles. The highest BCUT2D eigenvalue weighted by Crippen LogP contribution is 2.65. The van der Waals surface area contributed by atoms with Crippen LogP contribution >= 0.6 is 35.3 Å². The molecule has 1 N–H and O–H groups in total. The first kappa shape index (κ1) is 31.0. The summed E-state index contributed by atoms with van der Waals surface area (Å²) in [4.78, 5) is 44.4. The summed E-state index contributed by atoms with van der Waals surface area (Å²) in [5.74, 6) is -0.244. The first-order chi connectivity index (χ1) is 19.0. The number of rotatable bonds is 9. The lowest BCUT2D eigenvalue weighted by molar-refractivity contribution is -0.145. The van der Waals surface area contributed by atoms with Crippen LogP contribution in [0.4, 0.5) is 5.69 Å². The van der Waals surface area contributed by atoms with E-state index in [1.165, 1.54) is 4.91 Å². The van der Waals surface area contributed by atoms with Crippen LogP contribution in [0.15, 0.2) is 33.6 Å². The largest absolute Gasteiger partial charge is 0.506 e. The van der Waals surface area contributed by atoms with E-state index < -0.39 is 21.4 Å². The first-order valence-corrected chi connectivity index (χ1v) is 16.1. The van der Waals surface area contributed by atoms with Crippen molar-refractivity contribution in [3.63, 3.8) is 0 Å².